The summed E-state index contributed by atoms with van der Waals surface area (Å²) in [6.45, 7) is 9.04. The highest BCUT2D eigenvalue weighted by Gasteiger charge is 2.19. The largest absolute Gasteiger partial charge is 0.314 e. The molecule has 0 atom stereocenters. The van der Waals surface area contributed by atoms with Crippen molar-refractivity contribution < 1.29 is 0 Å². The predicted octanol–water partition coefficient (Wildman–Crippen LogP) is 3.21. The Morgan fingerprint density at radius 1 is 1.11 bits per heavy atom. The van der Waals surface area contributed by atoms with Crippen LogP contribution in [0.5, 0.6) is 0 Å². The lowest BCUT2D eigenvalue weighted by Crippen LogP contribution is -2.23. The molecular formula is C17H28N2. The van der Waals surface area contributed by atoms with Gasteiger partial charge in [-0.2, -0.15) is 0 Å². The van der Waals surface area contributed by atoms with Crippen molar-refractivity contribution in [3.8, 4) is 0 Å². The molecule has 1 aliphatic rings. The smallest absolute Gasteiger partial charge is 0.0233 e. The minimum absolute atomic E-state index is 0.825. The van der Waals surface area contributed by atoms with Gasteiger partial charge in [-0.15, -0.1) is 0 Å². The summed E-state index contributed by atoms with van der Waals surface area (Å²) in [5, 5.41) is 3.57. The maximum absolute atomic E-state index is 3.57. The number of rotatable bonds is 9. The Kier molecular flexibility index (Phi) is 5.87. The van der Waals surface area contributed by atoms with Crippen LogP contribution in [0.15, 0.2) is 24.3 Å². The maximum atomic E-state index is 3.57. The van der Waals surface area contributed by atoms with Crippen molar-refractivity contribution in [3.05, 3.63) is 35.4 Å². The van der Waals surface area contributed by atoms with Gasteiger partial charge in [0.2, 0.25) is 0 Å². The van der Waals surface area contributed by atoms with E-state index < -0.39 is 0 Å². The van der Waals surface area contributed by atoms with Crippen molar-refractivity contribution in [2.45, 2.75) is 52.1 Å². The van der Waals surface area contributed by atoms with Crippen LogP contribution in [-0.2, 0) is 13.0 Å². The second-order valence-electron chi connectivity index (χ2n) is 5.66. The molecule has 1 saturated carbocycles. The van der Waals surface area contributed by atoms with Crippen molar-refractivity contribution in [2.75, 3.05) is 19.6 Å². The molecule has 0 amide bonds. The fourth-order valence-corrected chi connectivity index (χ4v) is 2.44. The van der Waals surface area contributed by atoms with E-state index in [1.165, 1.54) is 36.9 Å². The number of nitrogens with zero attached hydrogens (tertiary/aromatic N) is 1. The highest BCUT2D eigenvalue weighted by Crippen LogP contribution is 2.18. The molecule has 1 aromatic rings. The van der Waals surface area contributed by atoms with E-state index in [1.807, 2.05) is 0 Å². The van der Waals surface area contributed by atoms with Crippen molar-refractivity contribution in [2.24, 2.45) is 0 Å². The van der Waals surface area contributed by atoms with Gasteiger partial charge in [0.05, 0.1) is 0 Å². The molecule has 1 fully saturated rings. The van der Waals surface area contributed by atoms with E-state index in [1.54, 1.807) is 0 Å². The first-order valence-corrected chi connectivity index (χ1v) is 7.85. The Balaban J connectivity index is 1.75. The molecule has 0 bridgehead atoms. The molecule has 0 unspecified atom stereocenters. The quantitative estimate of drug-likeness (QED) is 0.733. The molecular weight excluding hydrogens is 232 g/mol. The molecule has 0 heterocycles. The number of hydrogen-bond donors (Lipinski definition) is 1. The van der Waals surface area contributed by atoms with Crippen molar-refractivity contribution in [1.29, 1.82) is 0 Å². The molecule has 0 radical (unpaired) electrons. The fourth-order valence-electron chi connectivity index (χ4n) is 2.44. The molecule has 0 aliphatic heterocycles. The van der Waals surface area contributed by atoms with Gasteiger partial charge in [0.25, 0.3) is 0 Å². The van der Waals surface area contributed by atoms with Gasteiger partial charge in [0.15, 0.2) is 0 Å². The molecule has 1 aliphatic carbocycles. The van der Waals surface area contributed by atoms with Crippen LogP contribution in [0.3, 0.4) is 0 Å². The molecule has 2 heteroatoms. The van der Waals surface area contributed by atoms with E-state index in [-0.39, 0.29) is 0 Å². The molecule has 1 N–H and O–H groups in total. The van der Waals surface area contributed by atoms with E-state index in [9.17, 15) is 0 Å². The Morgan fingerprint density at radius 2 is 1.79 bits per heavy atom. The van der Waals surface area contributed by atoms with Crippen LogP contribution in [0.1, 0.15) is 44.2 Å². The summed E-state index contributed by atoms with van der Waals surface area (Å²) in [5.41, 5.74) is 2.89. The zero-order chi connectivity index (χ0) is 13.5. The molecule has 0 saturated heterocycles. The van der Waals surface area contributed by atoms with Gasteiger partial charge in [0, 0.05) is 12.6 Å². The summed E-state index contributed by atoms with van der Waals surface area (Å²) in [5.74, 6) is 0. The Morgan fingerprint density at radius 3 is 2.37 bits per heavy atom. The van der Waals surface area contributed by atoms with Gasteiger partial charge in [0.1, 0.15) is 0 Å². The summed E-state index contributed by atoms with van der Waals surface area (Å²) < 4.78 is 0. The Labute approximate surface area is 118 Å². The van der Waals surface area contributed by atoms with E-state index >= 15 is 0 Å². The SMILES string of the molecule is CCCN(CC)Cc1ccc(CCNC2CC2)cc1. The second-order valence-corrected chi connectivity index (χ2v) is 5.66. The van der Waals surface area contributed by atoms with Gasteiger partial charge in [-0.1, -0.05) is 38.1 Å². The standard InChI is InChI=1S/C17H28N2/c1-3-13-19(4-2)14-16-7-5-15(6-8-16)11-12-18-17-9-10-17/h5-8,17-18H,3-4,9-14H2,1-2H3. The summed E-state index contributed by atoms with van der Waals surface area (Å²) in [4.78, 5) is 2.50. The van der Waals surface area contributed by atoms with Crippen LogP contribution >= 0.6 is 0 Å². The maximum Gasteiger partial charge on any atom is 0.0233 e. The second kappa shape index (κ2) is 7.66. The van der Waals surface area contributed by atoms with Crippen LogP contribution in [-0.4, -0.2) is 30.6 Å². The van der Waals surface area contributed by atoms with Crippen LogP contribution in [0.2, 0.25) is 0 Å². The normalized spacial score (nSPS) is 15.1. The van der Waals surface area contributed by atoms with E-state index in [2.05, 4.69) is 48.3 Å². The zero-order valence-corrected chi connectivity index (χ0v) is 12.5. The van der Waals surface area contributed by atoms with Gasteiger partial charge in [-0.05, 0) is 56.4 Å². The van der Waals surface area contributed by atoms with Gasteiger partial charge in [-0.3, -0.25) is 4.90 Å². The van der Waals surface area contributed by atoms with E-state index in [4.69, 9.17) is 0 Å². The number of hydrogen-bond acceptors (Lipinski definition) is 2. The lowest BCUT2D eigenvalue weighted by Gasteiger charge is -2.19. The van der Waals surface area contributed by atoms with E-state index in [0.29, 0.717) is 0 Å². The Hall–Kier alpha value is -0.860. The highest BCUT2D eigenvalue weighted by atomic mass is 15.1. The highest BCUT2D eigenvalue weighted by molar-refractivity contribution is 5.22. The minimum atomic E-state index is 0.825. The molecule has 19 heavy (non-hydrogen) atoms. The van der Waals surface area contributed by atoms with Crippen LogP contribution < -0.4 is 5.32 Å². The van der Waals surface area contributed by atoms with Gasteiger partial charge < -0.3 is 5.32 Å². The average Bonchev–Trinajstić information content (AvgIpc) is 3.24. The van der Waals surface area contributed by atoms with Crippen molar-refractivity contribution in [1.82, 2.24) is 10.2 Å². The third-order valence-corrected chi connectivity index (χ3v) is 3.84. The monoisotopic (exact) mass is 260 g/mol. The third-order valence-electron chi connectivity index (χ3n) is 3.84. The average molecular weight is 260 g/mol. The third kappa shape index (κ3) is 5.33. The summed E-state index contributed by atoms with van der Waals surface area (Å²) in [7, 11) is 0. The fraction of sp³-hybridized carbons (Fsp3) is 0.647. The number of benzene rings is 1. The summed E-state index contributed by atoms with van der Waals surface area (Å²) in [6.07, 6.45) is 5.15. The van der Waals surface area contributed by atoms with Crippen molar-refractivity contribution >= 4 is 0 Å². The summed E-state index contributed by atoms with van der Waals surface area (Å²) >= 11 is 0. The minimum Gasteiger partial charge on any atom is -0.314 e. The first-order chi connectivity index (χ1) is 9.31. The zero-order valence-electron chi connectivity index (χ0n) is 12.5. The van der Waals surface area contributed by atoms with Gasteiger partial charge >= 0.3 is 0 Å². The number of nitrogens with one attached hydrogen (secondary N) is 1. The molecule has 0 spiro atoms. The van der Waals surface area contributed by atoms with Crippen LogP contribution in [0.4, 0.5) is 0 Å². The topological polar surface area (TPSA) is 15.3 Å². The van der Waals surface area contributed by atoms with Gasteiger partial charge in [-0.25, -0.2) is 0 Å². The molecule has 0 aromatic heterocycles. The first kappa shape index (κ1) is 14.5. The van der Waals surface area contributed by atoms with Crippen LogP contribution in [0.25, 0.3) is 0 Å². The predicted molar refractivity (Wildman–Crippen MR) is 82.4 cm³/mol. The molecule has 2 rings (SSSR count). The lowest BCUT2D eigenvalue weighted by atomic mass is 10.1. The van der Waals surface area contributed by atoms with Crippen molar-refractivity contribution in [3.63, 3.8) is 0 Å². The lowest BCUT2D eigenvalue weighted by molar-refractivity contribution is 0.280. The first-order valence-electron chi connectivity index (χ1n) is 7.85. The molecule has 1 aromatic carbocycles. The Bertz CT molecular complexity index is 354. The van der Waals surface area contributed by atoms with Crippen LogP contribution in [0, 0.1) is 0 Å². The molecule has 106 valence electrons. The summed E-state index contributed by atoms with van der Waals surface area (Å²) in [6, 6.07) is 10.0. The molecule has 2 nitrogen and oxygen atoms in total. The van der Waals surface area contributed by atoms with E-state index in [0.717, 1.165) is 32.1 Å².